The van der Waals surface area contributed by atoms with E-state index in [9.17, 15) is 14.3 Å². The first-order valence-electron chi connectivity index (χ1n) is 11.4. The van der Waals surface area contributed by atoms with Crippen LogP contribution in [-0.4, -0.2) is 74.1 Å². The molecule has 190 valence electrons. The molecule has 0 heterocycles. The van der Waals surface area contributed by atoms with Crippen LogP contribution in [0.2, 0.25) is 0 Å². The van der Waals surface area contributed by atoms with Gasteiger partial charge in [-0.1, -0.05) is 19.1 Å². The Labute approximate surface area is 201 Å². The van der Waals surface area contributed by atoms with E-state index in [-0.39, 0.29) is 19.6 Å². The molecule has 9 nitrogen and oxygen atoms in total. The predicted octanol–water partition coefficient (Wildman–Crippen LogP) is 4.47. The Bertz CT molecular complexity index is 975. The van der Waals surface area contributed by atoms with Crippen molar-refractivity contribution >= 4 is 24.6 Å². The Kier molecular flexibility index (Phi) is 10.8. The molecule has 2 N–H and O–H groups in total. The number of aliphatic carboxylic acids is 1. The van der Waals surface area contributed by atoms with Gasteiger partial charge in [0.1, 0.15) is 24.1 Å². The average Bonchev–Trinajstić information content (AvgIpc) is 2.72. The van der Waals surface area contributed by atoms with Crippen LogP contribution in [0.5, 0.6) is 11.5 Å². The van der Waals surface area contributed by atoms with Gasteiger partial charge in [0.25, 0.3) is 0 Å². The Balaban J connectivity index is 1.76. The molecule has 0 aliphatic rings. The number of nitrogens with zero attached hydrogens (tertiary/aromatic N) is 1. The van der Waals surface area contributed by atoms with Gasteiger partial charge in [0.15, 0.2) is 0 Å². The van der Waals surface area contributed by atoms with Gasteiger partial charge in [0.2, 0.25) is 0 Å². The zero-order chi connectivity index (χ0) is 25.2. The number of quaternary nitrogens is 1. The standard InChI is InChI=1S/C24H36NO8P/c1-5-12-30-21-10-8-19-9-11-22(16-20(19)15-21)31-13-6-7-14-32-34(28,29)33-23(17-24(26)27)18-25(2,3)4/h8-11,15-16,23H,5-7,12-14,17-18H2,1-4H3,(H-,26,27,28,29)/p+1/t23-/m1/s1. The lowest BCUT2D eigenvalue weighted by Crippen LogP contribution is -2.42. The number of phosphoric ester groups is 1. The second-order valence-corrected chi connectivity index (χ2v) is 10.6. The van der Waals surface area contributed by atoms with Crippen LogP contribution in [0.1, 0.15) is 32.6 Å². The monoisotopic (exact) mass is 498 g/mol. The molecule has 0 radical (unpaired) electrons. The summed E-state index contributed by atoms with van der Waals surface area (Å²) in [5, 5.41) is 11.1. The molecule has 0 aliphatic heterocycles. The summed E-state index contributed by atoms with van der Waals surface area (Å²) in [6, 6.07) is 11.8. The van der Waals surface area contributed by atoms with E-state index in [0.29, 0.717) is 30.5 Å². The second kappa shape index (κ2) is 13.1. The zero-order valence-corrected chi connectivity index (χ0v) is 21.3. The quantitative estimate of drug-likeness (QED) is 0.198. The topological polar surface area (TPSA) is 112 Å². The van der Waals surface area contributed by atoms with Crippen LogP contribution in [-0.2, 0) is 18.4 Å². The molecule has 2 aromatic rings. The van der Waals surface area contributed by atoms with Crippen molar-refractivity contribution in [2.75, 3.05) is 47.5 Å². The third-order valence-corrected chi connectivity index (χ3v) is 5.83. The van der Waals surface area contributed by atoms with Crippen LogP contribution in [0.4, 0.5) is 0 Å². The summed E-state index contributed by atoms with van der Waals surface area (Å²) >= 11 is 0. The lowest BCUT2D eigenvalue weighted by Gasteiger charge is -2.29. The van der Waals surface area contributed by atoms with E-state index in [2.05, 4.69) is 6.92 Å². The number of unbranched alkanes of at least 4 members (excludes halogenated alkanes) is 1. The minimum Gasteiger partial charge on any atom is -0.494 e. The van der Waals surface area contributed by atoms with Crippen molar-refractivity contribution in [2.45, 2.75) is 38.7 Å². The predicted molar refractivity (Wildman–Crippen MR) is 130 cm³/mol. The molecule has 0 bridgehead atoms. The third-order valence-electron chi connectivity index (χ3n) is 4.75. The summed E-state index contributed by atoms with van der Waals surface area (Å²) in [6.07, 6.45) is 0.722. The van der Waals surface area contributed by atoms with Crippen LogP contribution in [0.25, 0.3) is 10.8 Å². The molecular weight excluding hydrogens is 461 g/mol. The van der Waals surface area contributed by atoms with E-state index >= 15 is 0 Å². The molecule has 2 rings (SSSR count). The number of carboxylic acids is 1. The Morgan fingerprint density at radius 2 is 1.56 bits per heavy atom. The van der Waals surface area contributed by atoms with Gasteiger partial charge in [-0.3, -0.25) is 13.8 Å². The van der Waals surface area contributed by atoms with E-state index in [1.807, 2.05) is 57.5 Å². The molecule has 1 unspecified atom stereocenters. The Hall–Kier alpha value is -2.16. The number of carbonyl (C=O) groups is 1. The molecule has 10 heteroatoms. The number of hydrogen-bond donors (Lipinski definition) is 2. The molecule has 2 aromatic carbocycles. The number of benzene rings is 2. The molecule has 2 atom stereocenters. The van der Waals surface area contributed by atoms with Crippen molar-refractivity contribution in [3.63, 3.8) is 0 Å². The highest BCUT2D eigenvalue weighted by atomic mass is 31.2. The lowest BCUT2D eigenvalue weighted by molar-refractivity contribution is -0.873. The van der Waals surface area contributed by atoms with Crippen LogP contribution in [0, 0.1) is 0 Å². The molecule has 0 saturated carbocycles. The number of likely N-dealkylation sites (N-methyl/N-ethyl adjacent to an activating group) is 1. The number of fused-ring (bicyclic) bond motifs is 1. The summed E-state index contributed by atoms with van der Waals surface area (Å²) in [5.74, 6) is 0.453. The minimum absolute atomic E-state index is 0.00283. The first-order chi connectivity index (χ1) is 16.0. The highest BCUT2D eigenvalue weighted by Crippen LogP contribution is 2.45. The lowest BCUT2D eigenvalue weighted by atomic mass is 10.1. The second-order valence-electron chi connectivity index (χ2n) is 9.17. The van der Waals surface area contributed by atoms with Gasteiger partial charge in [-0.15, -0.1) is 0 Å². The fourth-order valence-corrected chi connectivity index (χ4v) is 4.27. The molecule has 0 aromatic heterocycles. The van der Waals surface area contributed by atoms with Crippen LogP contribution in [0.3, 0.4) is 0 Å². The molecule has 0 fully saturated rings. The third kappa shape index (κ3) is 10.8. The van der Waals surface area contributed by atoms with Crippen LogP contribution < -0.4 is 9.47 Å². The van der Waals surface area contributed by atoms with E-state index in [1.165, 1.54) is 0 Å². The largest absolute Gasteiger partial charge is 0.494 e. The molecule has 0 saturated heterocycles. The number of hydrogen-bond acceptors (Lipinski definition) is 6. The smallest absolute Gasteiger partial charge is 0.472 e. The summed E-state index contributed by atoms with van der Waals surface area (Å²) in [7, 11) is 1.17. The zero-order valence-electron chi connectivity index (χ0n) is 20.4. The summed E-state index contributed by atoms with van der Waals surface area (Å²) < 4.78 is 34.3. The number of carboxylic acid groups (broad SMARTS) is 1. The van der Waals surface area contributed by atoms with Crippen molar-refractivity contribution in [3.05, 3.63) is 36.4 Å². The number of phosphoric acid groups is 1. The van der Waals surface area contributed by atoms with Gasteiger partial charge >= 0.3 is 13.8 Å². The van der Waals surface area contributed by atoms with Crippen molar-refractivity contribution in [1.29, 1.82) is 0 Å². The molecular formula is C24H37NO8P+. The van der Waals surface area contributed by atoms with Gasteiger partial charge in [0, 0.05) is 0 Å². The van der Waals surface area contributed by atoms with Gasteiger partial charge < -0.3 is 24.0 Å². The molecule has 0 aliphatic carbocycles. The van der Waals surface area contributed by atoms with Crippen molar-refractivity contribution < 1.29 is 42.4 Å². The van der Waals surface area contributed by atoms with Crippen LogP contribution >= 0.6 is 7.82 Å². The fourth-order valence-electron chi connectivity index (χ4n) is 3.34. The van der Waals surface area contributed by atoms with Crippen LogP contribution in [0.15, 0.2) is 36.4 Å². The van der Waals surface area contributed by atoms with E-state index in [4.69, 9.17) is 23.6 Å². The molecule has 0 spiro atoms. The van der Waals surface area contributed by atoms with Crippen molar-refractivity contribution in [3.8, 4) is 11.5 Å². The SMILES string of the molecule is CCCOc1ccc2ccc(OCCCCOP(=O)(O)O[C@H](CC(=O)O)C[N+](C)(C)C)cc2c1. The first-order valence-corrected chi connectivity index (χ1v) is 12.9. The summed E-state index contributed by atoms with van der Waals surface area (Å²) in [4.78, 5) is 21.0. The Morgan fingerprint density at radius 3 is 2.12 bits per heavy atom. The maximum absolute atomic E-state index is 12.2. The summed E-state index contributed by atoms with van der Waals surface area (Å²) in [5.41, 5.74) is 0. The Morgan fingerprint density at radius 1 is 0.971 bits per heavy atom. The molecule has 34 heavy (non-hydrogen) atoms. The van der Waals surface area contributed by atoms with Crippen molar-refractivity contribution in [2.24, 2.45) is 0 Å². The number of rotatable bonds is 16. The van der Waals surface area contributed by atoms with Gasteiger partial charge in [0.05, 0.1) is 47.4 Å². The van der Waals surface area contributed by atoms with E-state index in [0.717, 1.165) is 28.7 Å². The van der Waals surface area contributed by atoms with E-state index in [1.54, 1.807) is 0 Å². The summed E-state index contributed by atoms with van der Waals surface area (Å²) in [6.45, 7) is 3.41. The first kappa shape index (κ1) is 28.1. The maximum Gasteiger partial charge on any atom is 0.472 e. The van der Waals surface area contributed by atoms with Gasteiger partial charge in [-0.25, -0.2) is 4.57 Å². The van der Waals surface area contributed by atoms with Gasteiger partial charge in [-0.2, -0.15) is 0 Å². The number of ether oxygens (including phenoxy) is 2. The van der Waals surface area contributed by atoms with Gasteiger partial charge in [-0.05, 0) is 54.3 Å². The minimum atomic E-state index is -4.36. The van der Waals surface area contributed by atoms with Crippen molar-refractivity contribution in [1.82, 2.24) is 0 Å². The highest BCUT2D eigenvalue weighted by Gasteiger charge is 2.31. The molecule has 0 amide bonds. The normalized spacial score (nSPS) is 14.5. The maximum atomic E-state index is 12.2. The van der Waals surface area contributed by atoms with E-state index < -0.39 is 19.9 Å². The highest BCUT2D eigenvalue weighted by molar-refractivity contribution is 7.47. The average molecular weight is 499 g/mol. The fraction of sp³-hybridized carbons (Fsp3) is 0.542.